The second-order valence-corrected chi connectivity index (χ2v) is 7.69. The Bertz CT molecular complexity index is 821. The topological polar surface area (TPSA) is 38.8 Å². The standard InChI is InChI=1S/C22H27NO3/c1-22(2,3)21(24)23-12-8-9-15-13-19(25-4)20(26-5)14-17(15)16-10-6-7-11-18(16)23/h6-7,10-11,13-14H,8-9,12H2,1-5H3. The molecule has 0 N–H and O–H groups in total. The summed E-state index contributed by atoms with van der Waals surface area (Å²) in [7, 11) is 3.30. The molecule has 0 radical (unpaired) electrons. The first-order valence-corrected chi connectivity index (χ1v) is 9.03. The third-order valence-electron chi connectivity index (χ3n) is 4.81. The van der Waals surface area contributed by atoms with E-state index >= 15 is 0 Å². The first-order chi connectivity index (χ1) is 12.4. The average Bonchev–Trinajstić information content (AvgIpc) is 2.62. The van der Waals surface area contributed by atoms with Crippen LogP contribution in [0.15, 0.2) is 36.4 Å². The maximum Gasteiger partial charge on any atom is 0.232 e. The number of benzene rings is 2. The molecule has 1 aliphatic rings. The Labute approximate surface area is 155 Å². The fourth-order valence-corrected chi connectivity index (χ4v) is 3.48. The summed E-state index contributed by atoms with van der Waals surface area (Å²) in [6.07, 6.45) is 1.79. The van der Waals surface area contributed by atoms with Crippen molar-refractivity contribution in [3.05, 3.63) is 42.0 Å². The van der Waals surface area contributed by atoms with Crippen molar-refractivity contribution in [3.8, 4) is 22.6 Å². The molecule has 0 aromatic heterocycles. The molecule has 0 atom stereocenters. The van der Waals surface area contributed by atoms with Crippen molar-refractivity contribution in [1.29, 1.82) is 0 Å². The minimum Gasteiger partial charge on any atom is -0.493 e. The number of rotatable bonds is 2. The van der Waals surface area contributed by atoms with E-state index in [9.17, 15) is 4.79 Å². The molecule has 0 unspecified atom stereocenters. The fraction of sp³-hybridized carbons (Fsp3) is 0.409. The molecule has 3 rings (SSSR count). The van der Waals surface area contributed by atoms with Crippen molar-refractivity contribution >= 4 is 11.6 Å². The van der Waals surface area contributed by atoms with Gasteiger partial charge >= 0.3 is 0 Å². The van der Waals surface area contributed by atoms with E-state index in [-0.39, 0.29) is 5.91 Å². The van der Waals surface area contributed by atoms with Crippen LogP contribution in [0.25, 0.3) is 11.1 Å². The van der Waals surface area contributed by atoms with E-state index < -0.39 is 5.41 Å². The molecule has 138 valence electrons. The van der Waals surface area contributed by atoms with Crippen LogP contribution in [0.2, 0.25) is 0 Å². The number of hydrogen-bond donors (Lipinski definition) is 0. The van der Waals surface area contributed by atoms with Crippen LogP contribution in [-0.4, -0.2) is 26.7 Å². The van der Waals surface area contributed by atoms with Crippen LogP contribution in [0.1, 0.15) is 32.8 Å². The van der Waals surface area contributed by atoms with Gasteiger partial charge in [0.15, 0.2) is 11.5 Å². The van der Waals surface area contributed by atoms with E-state index in [1.807, 2.05) is 49.9 Å². The predicted molar refractivity (Wildman–Crippen MR) is 105 cm³/mol. The van der Waals surface area contributed by atoms with Gasteiger partial charge in [-0.1, -0.05) is 39.0 Å². The summed E-state index contributed by atoms with van der Waals surface area (Å²) >= 11 is 0. The number of fused-ring (bicyclic) bond motifs is 3. The predicted octanol–water partition coefficient (Wildman–Crippen LogP) is 4.70. The fourth-order valence-electron chi connectivity index (χ4n) is 3.48. The van der Waals surface area contributed by atoms with Crippen molar-refractivity contribution in [2.75, 3.05) is 25.7 Å². The zero-order valence-corrected chi connectivity index (χ0v) is 16.3. The Morgan fingerprint density at radius 1 is 1.00 bits per heavy atom. The number of para-hydroxylation sites is 1. The van der Waals surface area contributed by atoms with Gasteiger partial charge in [0.2, 0.25) is 5.91 Å². The van der Waals surface area contributed by atoms with Crippen molar-refractivity contribution in [2.24, 2.45) is 5.41 Å². The molecule has 1 amide bonds. The molecule has 0 aliphatic carbocycles. The molecule has 0 fully saturated rings. The lowest BCUT2D eigenvalue weighted by molar-refractivity contribution is -0.125. The monoisotopic (exact) mass is 353 g/mol. The molecule has 0 spiro atoms. The second-order valence-electron chi connectivity index (χ2n) is 7.69. The van der Waals surface area contributed by atoms with Crippen LogP contribution < -0.4 is 14.4 Å². The number of carbonyl (C=O) groups is 1. The van der Waals surface area contributed by atoms with Crippen LogP contribution in [0.5, 0.6) is 11.5 Å². The van der Waals surface area contributed by atoms with Gasteiger partial charge in [0.1, 0.15) is 0 Å². The summed E-state index contributed by atoms with van der Waals surface area (Å²) in [5.41, 5.74) is 3.91. The van der Waals surface area contributed by atoms with Crippen molar-refractivity contribution in [1.82, 2.24) is 0 Å². The zero-order valence-electron chi connectivity index (χ0n) is 16.3. The summed E-state index contributed by atoms with van der Waals surface area (Å²) in [5.74, 6) is 1.59. The number of ether oxygens (including phenoxy) is 2. The maximum absolute atomic E-state index is 13.1. The summed E-state index contributed by atoms with van der Waals surface area (Å²) < 4.78 is 11.0. The van der Waals surface area contributed by atoms with Crippen LogP contribution in [0, 0.1) is 5.41 Å². The number of hydrogen-bond acceptors (Lipinski definition) is 3. The van der Waals surface area contributed by atoms with Crippen molar-refractivity contribution in [3.63, 3.8) is 0 Å². The van der Waals surface area contributed by atoms with E-state index in [0.717, 1.165) is 35.4 Å². The van der Waals surface area contributed by atoms with E-state index in [1.54, 1.807) is 14.2 Å². The number of carbonyl (C=O) groups excluding carboxylic acids is 1. The largest absolute Gasteiger partial charge is 0.493 e. The molecular formula is C22H27NO3. The van der Waals surface area contributed by atoms with Gasteiger partial charge in [-0.25, -0.2) is 0 Å². The second kappa shape index (κ2) is 7.02. The van der Waals surface area contributed by atoms with Gasteiger partial charge in [-0.05, 0) is 42.2 Å². The molecule has 0 saturated carbocycles. The molecule has 4 heteroatoms. The highest BCUT2D eigenvalue weighted by Gasteiger charge is 2.31. The lowest BCUT2D eigenvalue weighted by atomic mass is 9.89. The summed E-state index contributed by atoms with van der Waals surface area (Å²) in [5, 5.41) is 0. The highest BCUT2D eigenvalue weighted by molar-refractivity contribution is 6.01. The summed E-state index contributed by atoms with van der Waals surface area (Å²) in [6, 6.07) is 12.2. The Balaban J connectivity index is 2.20. The molecular weight excluding hydrogens is 326 g/mol. The molecule has 2 aromatic carbocycles. The van der Waals surface area contributed by atoms with Crippen molar-refractivity contribution in [2.45, 2.75) is 33.6 Å². The molecule has 2 aromatic rings. The molecule has 1 heterocycles. The van der Waals surface area contributed by atoms with Crippen LogP contribution in [-0.2, 0) is 11.2 Å². The number of methoxy groups -OCH3 is 2. The average molecular weight is 353 g/mol. The first-order valence-electron chi connectivity index (χ1n) is 9.03. The van der Waals surface area contributed by atoms with E-state index in [2.05, 4.69) is 12.1 Å². The normalized spacial score (nSPS) is 14.0. The van der Waals surface area contributed by atoms with E-state index in [1.165, 1.54) is 5.56 Å². The summed E-state index contributed by atoms with van der Waals surface area (Å²) in [4.78, 5) is 15.0. The van der Waals surface area contributed by atoms with Gasteiger partial charge in [0.05, 0.1) is 19.9 Å². The molecule has 26 heavy (non-hydrogen) atoms. The van der Waals surface area contributed by atoms with Gasteiger partial charge in [-0.15, -0.1) is 0 Å². The van der Waals surface area contributed by atoms with Crippen LogP contribution in [0.4, 0.5) is 5.69 Å². The zero-order chi connectivity index (χ0) is 18.9. The van der Waals surface area contributed by atoms with Crippen LogP contribution >= 0.6 is 0 Å². The quantitative estimate of drug-likeness (QED) is 0.786. The third-order valence-corrected chi connectivity index (χ3v) is 4.81. The Hall–Kier alpha value is -2.49. The first kappa shape index (κ1) is 18.3. The lowest BCUT2D eigenvalue weighted by Gasteiger charge is -2.33. The van der Waals surface area contributed by atoms with Gasteiger partial charge in [-0.3, -0.25) is 4.79 Å². The molecule has 1 aliphatic heterocycles. The van der Waals surface area contributed by atoms with Crippen molar-refractivity contribution < 1.29 is 14.3 Å². The maximum atomic E-state index is 13.1. The van der Waals surface area contributed by atoms with Gasteiger partial charge in [0, 0.05) is 17.5 Å². The molecule has 4 nitrogen and oxygen atoms in total. The number of nitrogens with zero attached hydrogens (tertiary/aromatic N) is 1. The van der Waals surface area contributed by atoms with E-state index in [0.29, 0.717) is 12.3 Å². The van der Waals surface area contributed by atoms with Gasteiger partial charge in [0.25, 0.3) is 0 Å². The minimum atomic E-state index is -0.424. The Morgan fingerprint density at radius 3 is 2.31 bits per heavy atom. The molecule has 0 bridgehead atoms. The number of aryl methyl sites for hydroxylation is 1. The van der Waals surface area contributed by atoms with Gasteiger partial charge < -0.3 is 14.4 Å². The lowest BCUT2D eigenvalue weighted by Crippen LogP contribution is -2.41. The summed E-state index contributed by atoms with van der Waals surface area (Å²) in [6.45, 7) is 6.62. The highest BCUT2D eigenvalue weighted by atomic mass is 16.5. The van der Waals surface area contributed by atoms with E-state index in [4.69, 9.17) is 9.47 Å². The smallest absolute Gasteiger partial charge is 0.232 e. The van der Waals surface area contributed by atoms with Crippen LogP contribution in [0.3, 0.4) is 0 Å². The number of anilines is 1. The third kappa shape index (κ3) is 3.28. The van der Waals surface area contributed by atoms with Gasteiger partial charge in [-0.2, -0.15) is 0 Å². The number of amides is 1. The highest BCUT2D eigenvalue weighted by Crippen LogP contribution is 2.42. The Morgan fingerprint density at radius 2 is 1.65 bits per heavy atom. The molecule has 0 saturated heterocycles. The Kier molecular flexibility index (Phi) is 4.94. The minimum absolute atomic E-state index is 0.147. The SMILES string of the molecule is COc1cc2c(cc1OC)-c1ccccc1N(C(=O)C(C)(C)C)CCC2.